The number of primary amides is 1. The third-order valence-corrected chi connectivity index (χ3v) is 6.80. The van der Waals surface area contributed by atoms with Gasteiger partial charge in [-0.1, -0.05) is 73.9 Å². The molecule has 1 aromatic rings. The first-order valence-electron chi connectivity index (χ1n) is 18.8. The quantitative estimate of drug-likeness (QED) is 0.0884. The predicted molar refractivity (Wildman–Crippen MR) is 211 cm³/mol. The Balaban J connectivity index is -0.00000319. The van der Waals surface area contributed by atoms with E-state index in [4.69, 9.17) is 15.2 Å². The molecule has 0 bridgehead atoms. The Morgan fingerprint density at radius 3 is 2.04 bits per heavy atom. The molecule has 0 radical (unpaired) electrons. The maximum absolute atomic E-state index is 13.1. The van der Waals surface area contributed by atoms with E-state index < -0.39 is 35.6 Å². The molecule has 1 unspecified atom stereocenters. The van der Waals surface area contributed by atoms with Crippen LogP contribution in [-0.4, -0.2) is 93.3 Å². The number of amides is 6. The molecule has 302 valence electrons. The zero-order valence-corrected chi connectivity index (χ0v) is 34.3. The molecule has 1 rings (SSSR count). The molecule has 14 nitrogen and oxygen atoms in total. The van der Waals surface area contributed by atoms with Crippen molar-refractivity contribution in [2.24, 2.45) is 11.7 Å². The van der Waals surface area contributed by atoms with Gasteiger partial charge < -0.3 is 46.7 Å². The van der Waals surface area contributed by atoms with Crippen LogP contribution in [0.1, 0.15) is 113 Å². The molecule has 6 amide bonds. The van der Waals surface area contributed by atoms with E-state index in [0.29, 0.717) is 44.1 Å². The number of hydrogen-bond acceptors (Lipinski definition) is 8. The number of rotatable bonds is 21. The highest BCUT2D eigenvalue weighted by molar-refractivity contribution is 5.97. The number of carbonyl (C=O) groups is 5. The van der Waals surface area contributed by atoms with E-state index in [1.165, 1.54) is 11.3 Å². The Bertz CT molecular complexity index is 1100. The summed E-state index contributed by atoms with van der Waals surface area (Å²) in [6.07, 6.45) is 2.99. The summed E-state index contributed by atoms with van der Waals surface area (Å²) in [5.41, 5.74) is 5.84. The lowest BCUT2D eigenvalue weighted by atomic mass is 10.0. The molecule has 0 aromatic heterocycles. The average Bonchev–Trinajstić information content (AvgIpc) is 3.11. The van der Waals surface area contributed by atoms with Gasteiger partial charge in [0.05, 0.1) is 12.1 Å². The summed E-state index contributed by atoms with van der Waals surface area (Å²) in [7, 11) is 3.45. The van der Waals surface area contributed by atoms with E-state index in [-0.39, 0.29) is 38.4 Å². The normalized spacial score (nSPS) is 10.8. The maximum atomic E-state index is 13.1. The van der Waals surface area contributed by atoms with Crippen molar-refractivity contribution in [2.45, 2.75) is 126 Å². The van der Waals surface area contributed by atoms with Gasteiger partial charge in [-0.2, -0.15) is 0 Å². The van der Waals surface area contributed by atoms with E-state index in [2.05, 4.69) is 54.3 Å². The second-order valence-electron chi connectivity index (χ2n) is 12.6. The molecular weight excluding hydrogens is 666 g/mol. The zero-order valence-electron chi connectivity index (χ0n) is 34.3. The van der Waals surface area contributed by atoms with Crippen molar-refractivity contribution >= 4 is 35.5 Å². The van der Waals surface area contributed by atoms with Crippen molar-refractivity contribution in [3.63, 3.8) is 0 Å². The second-order valence-corrected chi connectivity index (χ2v) is 12.6. The summed E-state index contributed by atoms with van der Waals surface area (Å²) in [5, 5.41) is 13.4. The van der Waals surface area contributed by atoms with Crippen molar-refractivity contribution < 1.29 is 33.4 Å². The second kappa shape index (κ2) is 33.0. The van der Waals surface area contributed by atoms with Crippen LogP contribution in [0, 0.1) is 5.92 Å². The van der Waals surface area contributed by atoms with Crippen LogP contribution in [0.3, 0.4) is 0 Å². The first kappa shape index (κ1) is 52.5. The minimum atomic E-state index is -0.939. The van der Waals surface area contributed by atoms with Crippen molar-refractivity contribution in [2.75, 3.05) is 52.2 Å². The molecule has 52 heavy (non-hydrogen) atoms. The van der Waals surface area contributed by atoms with Crippen LogP contribution < -0.4 is 32.3 Å². The molecule has 0 aliphatic heterocycles. The van der Waals surface area contributed by atoms with Gasteiger partial charge in [-0.05, 0) is 70.2 Å². The number of hydrogen-bond donors (Lipinski definition) is 6. The molecule has 0 fully saturated rings. The lowest BCUT2D eigenvalue weighted by Gasteiger charge is -2.25. The fourth-order valence-electron chi connectivity index (χ4n) is 3.90. The highest BCUT2D eigenvalue weighted by atomic mass is 16.6. The lowest BCUT2D eigenvalue weighted by molar-refractivity contribution is -0.128. The van der Waals surface area contributed by atoms with Crippen molar-refractivity contribution in [1.82, 2.24) is 26.2 Å². The number of benzene rings is 1. The number of ether oxygens (including phenoxy) is 2. The Morgan fingerprint density at radius 1 is 0.904 bits per heavy atom. The van der Waals surface area contributed by atoms with E-state index in [1.807, 2.05) is 41.5 Å². The third kappa shape index (κ3) is 29.8. The smallest absolute Gasteiger partial charge is 0.409 e. The first-order chi connectivity index (χ1) is 24.6. The summed E-state index contributed by atoms with van der Waals surface area (Å²) < 4.78 is 11.2. The Labute approximate surface area is 314 Å². The van der Waals surface area contributed by atoms with Crippen LogP contribution in [-0.2, 0) is 30.5 Å². The number of likely N-dealkylation sites (N-methyl/N-ethyl adjacent to an activating group) is 2. The number of anilines is 1. The molecule has 1 atom stereocenters. The van der Waals surface area contributed by atoms with Crippen molar-refractivity contribution in [3.05, 3.63) is 29.8 Å². The topological polar surface area (TPSA) is 193 Å². The third-order valence-electron chi connectivity index (χ3n) is 6.80. The number of carbonyl (C=O) groups excluding carboxylic acids is 5. The Morgan fingerprint density at radius 2 is 1.50 bits per heavy atom. The van der Waals surface area contributed by atoms with Gasteiger partial charge in [-0.15, -0.1) is 0 Å². The molecule has 0 aliphatic rings. The lowest BCUT2D eigenvalue weighted by Crippen LogP contribution is -2.47. The summed E-state index contributed by atoms with van der Waals surface area (Å²) >= 11 is 0. The van der Waals surface area contributed by atoms with Gasteiger partial charge in [0, 0.05) is 45.4 Å². The first-order valence-corrected chi connectivity index (χ1v) is 18.8. The standard InChI is InChI=1S/C31H53N7O7.C3H8.2C2H6/c1-22(2)14-19-45-31(3,4)15-13-26(39)35-20-27(40)37-25(8-7-16-34-29(32)42)28(41)36-24-11-9-23(10-12-24)21-44-30(43)38(6)18-17-33-5;1-3-2;2*1-2/h9-12,22,25,33H,7-8,13-21H2,1-6H3,(H,35,39)(H,36,41)(H,37,40)(H3,32,34,42);3H2,1-2H3;2*1-2H3. The molecule has 1 aromatic carbocycles. The van der Waals surface area contributed by atoms with Crippen molar-refractivity contribution in [1.29, 1.82) is 0 Å². The van der Waals surface area contributed by atoms with Gasteiger partial charge in [0.15, 0.2) is 0 Å². The Kier molecular flexibility index (Phi) is 33.2. The van der Waals surface area contributed by atoms with Crippen LogP contribution >= 0.6 is 0 Å². The molecule has 14 heteroatoms. The van der Waals surface area contributed by atoms with Gasteiger partial charge in [0.1, 0.15) is 12.6 Å². The molecule has 0 heterocycles. The van der Waals surface area contributed by atoms with Gasteiger partial charge in [0.2, 0.25) is 17.7 Å². The van der Waals surface area contributed by atoms with Gasteiger partial charge in [-0.3, -0.25) is 14.4 Å². The highest BCUT2D eigenvalue weighted by Crippen LogP contribution is 2.18. The summed E-state index contributed by atoms with van der Waals surface area (Å²) in [4.78, 5) is 62.7. The number of nitrogens with two attached hydrogens (primary N) is 1. The van der Waals surface area contributed by atoms with Gasteiger partial charge in [-0.25, -0.2) is 9.59 Å². The van der Waals surface area contributed by atoms with Gasteiger partial charge in [0.25, 0.3) is 0 Å². The van der Waals surface area contributed by atoms with Crippen LogP contribution in [0.5, 0.6) is 0 Å². The van der Waals surface area contributed by atoms with Crippen LogP contribution in [0.25, 0.3) is 0 Å². The summed E-state index contributed by atoms with van der Waals surface area (Å²) in [5.74, 6) is -0.778. The number of nitrogens with one attached hydrogen (secondary N) is 5. The fraction of sp³-hybridized carbons (Fsp3) is 0.711. The van der Waals surface area contributed by atoms with Crippen LogP contribution in [0.15, 0.2) is 24.3 Å². The van der Waals surface area contributed by atoms with Crippen LogP contribution in [0.2, 0.25) is 0 Å². The molecule has 0 aliphatic carbocycles. The summed E-state index contributed by atoms with van der Waals surface area (Å²) in [6, 6.07) is 5.12. The van der Waals surface area contributed by atoms with Crippen LogP contribution in [0.4, 0.5) is 15.3 Å². The largest absolute Gasteiger partial charge is 0.445 e. The van der Waals surface area contributed by atoms with Crippen molar-refractivity contribution in [3.8, 4) is 0 Å². The van der Waals surface area contributed by atoms with Gasteiger partial charge >= 0.3 is 12.1 Å². The molecule has 0 saturated carbocycles. The van der Waals surface area contributed by atoms with E-state index in [1.54, 1.807) is 38.4 Å². The van der Waals surface area contributed by atoms with E-state index in [0.717, 1.165) is 12.0 Å². The molecule has 0 spiro atoms. The number of urea groups is 1. The minimum Gasteiger partial charge on any atom is -0.445 e. The van der Waals surface area contributed by atoms with E-state index >= 15 is 0 Å². The molecule has 0 saturated heterocycles. The average molecular weight is 740 g/mol. The Hall–Kier alpha value is -3.91. The summed E-state index contributed by atoms with van der Waals surface area (Å²) in [6.45, 7) is 22.1. The SMILES string of the molecule is CC.CC.CCC.CNCCN(C)C(=O)OCc1ccc(NC(=O)C(CCCNC(N)=O)NC(=O)CNC(=O)CCC(C)(C)OCCC(C)C)cc1. The highest BCUT2D eigenvalue weighted by Gasteiger charge is 2.23. The predicted octanol–water partition coefficient (Wildman–Crippen LogP) is 5.55. The monoisotopic (exact) mass is 740 g/mol. The molecule has 7 N–H and O–H groups in total. The fourth-order valence-corrected chi connectivity index (χ4v) is 3.90. The minimum absolute atomic E-state index is 0.0663. The molecular formula is C38H73N7O7. The maximum Gasteiger partial charge on any atom is 0.409 e. The van der Waals surface area contributed by atoms with E-state index in [9.17, 15) is 24.0 Å². The number of nitrogens with zero attached hydrogens (tertiary/aromatic N) is 1. The zero-order chi connectivity index (χ0) is 40.5.